The molecule has 3 rings (SSSR count). The van der Waals surface area contributed by atoms with Crippen LogP contribution < -0.4 is 4.90 Å². The molecular formula is C18H20FNO. The second kappa shape index (κ2) is 5.86. The lowest BCUT2D eigenvalue weighted by Gasteiger charge is -2.28. The first-order valence-electron chi connectivity index (χ1n) is 7.50. The Kier molecular flexibility index (Phi) is 3.93. The van der Waals surface area contributed by atoms with Crippen LogP contribution in [0.3, 0.4) is 0 Å². The molecule has 1 N–H and O–H groups in total. The summed E-state index contributed by atoms with van der Waals surface area (Å²) in [4.78, 5) is 2.15. The SMILES string of the molecule is C[C@H](O)c1c(F)cccc1N1CCCCc2ccccc21. The first kappa shape index (κ1) is 14.1. The van der Waals surface area contributed by atoms with Crippen LogP contribution in [0.15, 0.2) is 42.5 Å². The first-order chi connectivity index (χ1) is 10.2. The topological polar surface area (TPSA) is 23.5 Å². The Morgan fingerprint density at radius 3 is 2.62 bits per heavy atom. The van der Waals surface area contributed by atoms with Crippen molar-refractivity contribution in [2.24, 2.45) is 0 Å². The minimum Gasteiger partial charge on any atom is -0.389 e. The number of rotatable bonds is 2. The van der Waals surface area contributed by atoms with Gasteiger partial charge in [0.15, 0.2) is 0 Å². The van der Waals surface area contributed by atoms with E-state index in [1.807, 2.05) is 18.2 Å². The Labute approximate surface area is 124 Å². The molecule has 2 nitrogen and oxygen atoms in total. The third-order valence-corrected chi connectivity index (χ3v) is 4.10. The summed E-state index contributed by atoms with van der Waals surface area (Å²) in [6.07, 6.45) is 2.42. The Hall–Kier alpha value is -1.87. The van der Waals surface area contributed by atoms with Crippen LogP contribution in [0.4, 0.5) is 15.8 Å². The lowest BCUT2D eigenvalue weighted by molar-refractivity contribution is 0.194. The maximum absolute atomic E-state index is 14.1. The summed E-state index contributed by atoms with van der Waals surface area (Å²) in [5, 5.41) is 9.97. The lowest BCUT2D eigenvalue weighted by Crippen LogP contribution is -2.20. The zero-order valence-electron chi connectivity index (χ0n) is 12.2. The Morgan fingerprint density at radius 1 is 1.05 bits per heavy atom. The van der Waals surface area contributed by atoms with Gasteiger partial charge in [-0.25, -0.2) is 4.39 Å². The van der Waals surface area contributed by atoms with Gasteiger partial charge in [-0.05, 0) is 49.9 Å². The summed E-state index contributed by atoms with van der Waals surface area (Å²) in [5.74, 6) is -0.343. The number of aryl methyl sites for hydroxylation is 1. The van der Waals surface area contributed by atoms with Crippen molar-refractivity contribution < 1.29 is 9.50 Å². The molecule has 0 spiro atoms. The predicted octanol–water partition coefficient (Wildman–Crippen LogP) is 4.35. The number of nitrogens with zero attached hydrogens (tertiary/aromatic N) is 1. The third-order valence-electron chi connectivity index (χ3n) is 4.10. The molecule has 1 aliphatic rings. The molecule has 0 unspecified atom stereocenters. The fraction of sp³-hybridized carbons (Fsp3) is 0.333. The van der Waals surface area contributed by atoms with Crippen LogP contribution in [0.2, 0.25) is 0 Å². The van der Waals surface area contributed by atoms with Crippen LogP contribution in [-0.4, -0.2) is 11.7 Å². The molecule has 0 radical (unpaired) electrons. The van der Waals surface area contributed by atoms with Crippen LogP contribution in [0.1, 0.15) is 37.0 Å². The van der Waals surface area contributed by atoms with Crippen molar-refractivity contribution in [3.63, 3.8) is 0 Å². The molecule has 2 aromatic rings. The number of aliphatic hydroxyl groups is 1. The van der Waals surface area contributed by atoms with Crippen molar-refractivity contribution in [1.29, 1.82) is 0 Å². The van der Waals surface area contributed by atoms with E-state index in [0.717, 1.165) is 37.2 Å². The van der Waals surface area contributed by atoms with E-state index in [0.29, 0.717) is 5.56 Å². The molecule has 21 heavy (non-hydrogen) atoms. The van der Waals surface area contributed by atoms with Crippen molar-refractivity contribution in [2.75, 3.05) is 11.4 Å². The molecule has 3 heteroatoms. The highest BCUT2D eigenvalue weighted by Crippen LogP contribution is 2.37. The molecule has 0 bridgehead atoms. The standard InChI is InChI=1S/C18H20FNO/c1-13(21)18-15(19)9-6-11-17(18)20-12-5-4-8-14-7-2-3-10-16(14)20/h2-3,6-7,9-11,13,21H,4-5,8,12H2,1H3/t13-/m0/s1. The molecule has 110 valence electrons. The van der Waals surface area contributed by atoms with E-state index in [1.165, 1.54) is 11.6 Å². The second-order valence-electron chi connectivity index (χ2n) is 5.59. The Balaban J connectivity index is 2.15. The summed E-state index contributed by atoms with van der Waals surface area (Å²) in [7, 11) is 0. The van der Waals surface area contributed by atoms with E-state index < -0.39 is 6.10 Å². The van der Waals surface area contributed by atoms with E-state index >= 15 is 0 Å². The molecule has 0 fully saturated rings. The number of benzene rings is 2. The summed E-state index contributed by atoms with van der Waals surface area (Å²) in [5.41, 5.74) is 3.58. The number of aliphatic hydroxyl groups excluding tert-OH is 1. The van der Waals surface area contributed by atoms with E-state index in [4.69, 9.17) is 0 Å². The molecule has 0 saturated carbocycles. The minimum absolute atomic E-state index is 0.343. The number of para-hydroxylation sites is 1. The average molecular weight is 285 g/mol. The van der Waals surface area contributed by atoms with Crippen LogP contribution in [-0.2, 0) is 6.42 Å². The van der Waals surface area contributed by atoms with Gasteiger partial charge in [0.05, 0.1) is 6.10 Å². The molecule has 0 saturated heterocycles. The van der Waals surface area contributed by atoms with Crippen LogP contribution in [0.5, 0.6) is 0 Å². The summed E-state index contributed by atoms with van der Waals surface area (Å²) in [6, 6.07) is 13.3. The molecule has 0 aliphatic carbocycles. The summed E-state index contributed by atoms with van der Waals surface area (Å²) in [6.45, 7) is 2.46. The smallest absolute Gasteiger partial charge is 0.131 e. The summed E-state index contributed by atoms with van der Waals surface area (Å²) >= 11 is 0. The fourth-order valence-electron chi connectivity index (χ4n) is 3.12. The van der Waals surface area contributed by atoms with Gasteiger partial charge in [0.2, 0.25) is 0 Å². The Morgan fingerprint density at radius 2 is 1.81 bits per heavy atom. The molecule has 2 aromatic carbocycles. The van der Waals surface area contributed by atoms with Gasteiger partial charge in [0.1, 0.15) is 5.82 Å². The normalized spacial score (nSPS) is 16.2. The zero-order valence-corrected chi connectivity index (χ0v) is 12.2. The highest BCUT2D eigenvalue weighted by molar-refractivity contribution is 5.70. The van der Waals surface area contributed by atoms with Gasteiger partial charge < -0.3 is 10.0 Å². The third kappa shape index (κ3) is 2.66. The van der Waals surface area contributed by atoms with Crippen molar-refractivity contribution in [1.82, 2.24) is 0 Å². The van der Waals surface area contributed by atoms with Crippen LogP contribution in [0.25, 0.3) is 0 Å². The van der Waals surface area contributed by atoms with E-state index in [2.05, 4.69) is 17.0 Å². The van der Waals surface area contributed by atoms with Crippen molar-refractivity contribution in [3.8, 4) is 0 Å². The molecule has 0 amide bonds. The lowest BCUT2D eigenvalue weighted by atomic mass is 10.0. The molecule has 1 aliphatic heterocycles. The highest BCUT2D eigenvalue weighted by Gasteiger charge is 2.22. The fourth-order valence-corrected chi connectivity index (χ4v) is 3.12. The quantitative estimate of drug-likeness (QED) is 0.886. The van der Waals surface area contributed by atoms with Crippen LogP contribution in [0, 0.1) is 5.82 Å². The zero-order chi connectivity index (χ0) is 14.8. The second-order valence-corrected chi connectivity index (χ2v) is 5.59. The van der Waals surface area contributed by atoms with Gasteiger partial charge in [-0.1, -0.05) is 24.3 Å². The van der Waals surface area contributed by atoms with Crippen molar-refractivity contribution in [2.45, 2.75) is 32.3 Å². The first-order valence-corrected chi connectivity index (χ1v) is 7.50. The highest BCUT2D eigenvalue weighted by atomic mass is 19.1. The van der Waals surface area contributed by atoms with E-state index in [1.54, 1.807) is 13.0 Å². The van der Waals surface area contributed by atoms with Crippen molar-refractivity contribution >= 4 is 11.4 Å². The van der Waals surface area contributed by atoms with Gasteiger partial charge >= 0.3 is 0 Å². The van der Waals surface area contributed by atoms with Gasteiger partial charge in [0.25, 0.3) is 0 Å². The number of halogens is 1. The average Bonchev–Trinajstić information content (AvgIpc) is 2.68. The predicted molar refractivity (Wildman–Crippen MR) is 83.4 cm³/mol. The maximum Gasteiger partial charge on any atom is 0.131 e. The molecular weight excluding hydrogens is 265 g/mol. The minimum atomic E-state index is -0.823. The molecule has 0 aromatic heterocycles. The van der Waals surface area contributed by atoms with Gasteiger partial charge in [-0.3, -0.25) is 0 Å². The maximum atomic E-state index is 14.1. The largest absolute Gasteiger partial charge is 0.389 e. The molecule has 1 heterocycles. The summed E-state index contributed by atoms with van der Waals surface area (Å²) < 4.78 is 14.1. The van der Waals surface area contributed by atoms with E-state index in [9.17, 15) is 9.50 Å². The van der Waals surface area contributed by atoms with Gasteiger partial charge in [0, 0.05) is 23.5 Å². The van der Waals surface area contributed by atoms with Gasteiger partial charge in [-0.15, -0.1) is 0 Å². The molecule has 1 atom stereocenters. The van der Waals surface area contributed by atoms with E-state index in [-0.39, 0.29) is 5.82 Å². The number of anilines is 2. The van der Waals surface area contributed by atoms with Crippen molar-refractivity contribution in [3.05, 3.63) is 59.4 Å². The van der Waals surface area contributed by atoms with Crippen LogP contribution >= 0.6 is 0 Å². The Bertz CT molecular complexity index is 639. The number of hydrogen-bond acceptors (Lipinski definition) is 2. The number of hydrogen-bond donors (Lipinski definition) is 1. The monoisotopic (exact) mass is 285 g/mol. The van der Waals surface area contributed by atoms with Gasteiger partial charge in [-0.2, -0.15) is 0 Å². The number of fused-ring (bicyclic) bond motifs is 1.